The summed E-state index contributed by atoms with van der Waals surface area (Å²) in [5.41, 5.74) is 0. The van der Waals surface area contributed by atoms with Crippen molar-refractivity contribution in [2.24, 2.45) is 0 Å². The van der Waals surface area contributed by atoms with E-state index >= 15 is 0 Å². The van der Waals surface area contributed by atoms with Gasteiger partial charge in [0.1, 0.15) is 0 Å². The molecule has 0 heterocycles. The molecule has 0 aromatic rings. The molecule has 168 valence electrons. The molecule has 0 aromatic heterocycles. The smallest absolute Gasteiger partial charge is 0.460 e. The first-order chi connectivity index (χ1) is 12.2. The molecule has 0 radical (unpaired) electrons. The fraction of sp³-hybridized carbons (Fsp3) is 0.917. The quantitative estimate of drug-likeness (QED) is 0.455. The third-order valence-corrected chi connectivity index (χ3v) is 5.39. The summed E-state index contributed by atoms with van der Waals surface area (Å²) < 4.78 is 140. The van der Waals surface area contributed by atoms with E-state index in [2.05, 4.69) is 0 Å². The van der Waals surface area contributed by atoms with Crippen molar-refractivity contribution in [2.75, 3.05) is 33.7 Å². The van der Waals surface area contributed by atoms with Crippen molar-refractivity contribution in [3.05, 3.63) is 0 Å². The molecule has 0 bridgehead atoms. The van der Waals surface area contributed by atoms with Gasteiger partial charge in [0.05, 0.1) is 27.1 Å². The van der Waals surface area contributed by atoms with E-state index in [1.165, 1.54) is 14.1 Å². The number of hydrogen-bond donors (Lipinski definition) is 2. The lowest BCUT2D eigenvalue weighted by Crippen LogP contribution is -3.05. The van der Waals surface area contributed by atoms with Crippen LogP contribution in [0.25, 0.3) is 0 Å². The third kappa shape index (κ3) is 5.20. The van der Waals surface area contributed by atoms with E-state index in [1.54, 1.807) is 0 Å². The summed E-state index contributed by atoms with van der Waals surface area (Å²) in [5, 5.41) is 1.64. The molecular formula is C12H18F9N2O4S+. The monoisotopic (exact) mass is 457 g/mol. The molecule has 0 saturated heterocycles. The number of sulfonamides is 1. The SMILES string of the molecule is C[NH+](C)CCCN(CCC(=O)O)S(=O)(=O)C(F)(F)C(F)(F)C(F)(F)C(F)(F)F. The van der Waals surface area contributed by atoms with Gasteiger partial charge in [0.2, 0.25) is 0 Å². The molecule has 0 aliphatic carbocycles. The molecule has 0 aliphatic heterocycles. The predicted octanol–water partition coefficient (Wildman–Crippen LogP) is 1.05. The number of rotatable bonds is 11. The number of halogens is 9. The molecule has 0 rings (SSSR count). The predicted molar refractivity (Wildman–Crippen MR) is 75.9 cm³/mol. The average Bonchev–Trinajstić information content (AvgIpc) is 2.47. The molecule has 0 amide bonds. The minimum atomic E-state index is -7.37. The van der Waals surface area contributed by atoms with Gasteiger partial charge in [0.25, 0.3) is 10.0 Å². The highest BCUT2D eigenvalue weighted by Crippen LogP contribution is 2.55. The largest absolute Gasteiger partial charge is 0.481 e. The average molecular weight is 457 g/mol. The number of quaternary nitrogens is 1. The van der Waals surface area contributed by atoms with Crippen LogP contribution >= 0.6 is 0 Å². The Morgan fingerprint density at radius 1 is 0.929 bits per heavy atom. The van der Waals surface area contributed by atoms with Crippen LogP contribution in [-0.4, -0.2) is 80.8 Å². The maximum absolute atomic E-state index is 13.9. The zero-order valence-electron chi connectivity index (χ0n) is 14.5. The van der Waals surface area contributed by atoms with Crippen LogP contribution in [-0.2, 0) is 14.8 Å². The van der Waals surface area contributed by atoms with Crippen LogP contribution in [0.2, 0.25) is 0 Å². The van der Waals surface area contributed by atoms with Crippen molar-refractivity contribution in [2.45, 2.75) is 36.1 Å². The molecule has 0 aliphatic rings. The molecule has 0 saturated carbocycles. The Bertz CT molecular complexity index is 650. The van der Waals surface area contributed by atoms with E-state index in [0.29, 0.717) is 4.90 Å². The number of alkyl halides is 9. The van der Waals surface area contributed by atoms with E-state index in [4.69, 9.17) is 5.11 Å². The molecule has 0 spiro atoms. The standard InChI is InChI=1S/C12H17F9N2O4S/c1-22(2)5-3-6-23(7-4-8(24)25)28(26,27)12(20,21)10(15,16)9(13,14)11(17,18)19/h3-7H2,1-2H3,(H,24,25)/p+1. The van der Waals surface area contributed by atoms with Gasteiger partial charge in [0, 0.05) is 19.5 Å². The number of hydrogen-bond acceptors (Lipinski definition) is 3. The van der Waals surface area contributed by atoms with Gasteiger partial charge in [-0.25, -0.2) is 8.42 Å². The zero-order valence-corrected chi connectivity index (χ0v) is 15.3. The van der Waals surface area contributed by atoms with Crippen molar-refractivity contribution >= 4 is 16.0 Å². The molecule has 16 heteroatoms. The summed E-state index contributed by atoms with van der Waals surface area (Å²) >= 11 is 0. The third-order valence-electron chi connectivity index (χ3n) is 3.44. The molecule has 2 N–H and O–H groups in total. The fourth-order valence-electron chi connectivity index (χ4n) is 1.87. The van der Waals surface area contributed by atoms with Crippen molar-refractivity contribution in [3.8, 4) is 0 Å². The molecule has 0 unspecified atom stereocenters. The summed E-state index contributed by atoms with van der Waals surface area (Å²) in [6.45, 7) is -2.26. The summed E-state index contributed by atoms with van der Waals surface area (Å²) in [5.74, 6) is -16.5. The maximum Gasteiger partial charge on any atom is 0.460 e. The van der Waals surface area contributed by atoms with Crippen molar-refractivity contribution in [1.29, 1.82) is 0 Å². The minimum absolute atomic E-state index is 0.0692. The van der Waals surface area contributed by atoms with E-state index in [0.717, 1.165) is 0 Å². The van der Waals surface area contributed by atoms with Crippen LogP contribution in [0, 0.1) is 0 Å². The van der Waals surface area contributed by atoms with Crippen LogP contribution in [0.15, 0.2) is 0 Å². The van der Waals surface area contributed by atoms with Gasteiger partial charge in [0.15, 0.2) is 0 Å². The summed E-state index contributed by atoms with van der Waals surface area (Å²) in [6, 6.07) is 0. The Morgan fingerprint density at radius 2 is 1.39 bits per heavy atom. The maximum atomic E-state index is 13.9. The Balaban J connectivity index is 6.07. The van der Waals surface area contributed by atoms with Crippen molar-refractivity contribution < 1.29 is 62.7 Å². The topological polar surface area (TPSA) is 79.1 Å². The number of carboxylic acid groups (broad SMARTS) is 1. The number of carboxylic acids is 1. The summed E-state index contributed by atoms with van der Waals surface area (Å²) in [6.07, 6.45) is -8.64. The summed E-state index contributed by atoms with van der Waals surface area (Å²) in [7, 11) is -3.74. The lowest BCUT2D eigenvalue weighted by Gasteiger charge is -2.35. The minimum Gasteiger partial charge on any atom is -0.481 e. The Kier molecular flexibility index (Phi) is 8.21. The van der Waals surface area contributed by atoms with Crippen LogP contribution < -0.4 is 4.90 Å². The van der Waals surface area contributed by atoms with Crippen LogP contribution in [0.3, 0.4) is 0 Å². The number of aliphatic carboxylic acids is 1. The normalized spacial score (nSPS) is 14.8. The van der Waals surface area contributed by atoms with Gasteiger partial charge in [-0.2, -0.15) is 43.8 Å². The van der Waals surface area contributed by atoms with E-state index in [9.17, 15) is 52.7 Å². The summed E-state index contributed by atoms with van der Waals surface area (Å²) in [4.78, 5) is 11.2. The van der Waals surface area contributed by atoms with Crippen LogP contribution in [0.5, 0.6) is 0 Å². The number of nitrogens with one attached hydrogen (secondary N) is 1. The van der Waals surface area contributed by atoms with E-state index in [-0.39, 0.29) is 13.0 Å². The number of carbonyl (C=O) groups is 1. The molecule has 6 nitrogen and oxygen atoms in total. The van der Waals surface area contributed by atoms with Gasteiger partial charge in [-0.15, -0.1) is 0 Å². The van der Waals surface area contributed by atoms with Gasteiger partial charge in [-0.3, -0.25) is 4.79 Å². The molecule has 0 fully saturated rings. The lowest BCUT2D eigenvalue weighted by molar-refractivity contribution is -0.858. The van der Waals surface area contributed by atoms with Gasteiger partial charge >= 0.3 is 29.2 Å². The van der Waals surface area contributed by atoms with Gasteiger partial charge in [-0.05, 0) is 0 Å². The highest BCUT2D eigenvalue weighted by molar-refractivity contribution is 7.90. The van der Waals surface area contributed by atoms with Crippen molar-refractivity contribution in [1.82, 2.24) is 4.31 Å². The highest BCUT2D eigenvalue weighted by atomic mass is 32.2. The second-order valence-electron chi connectivity index (χ2n) is 6.02. The highest BCUT2D eigenvalue weighted by Gasteiger charge is 2.85. The zero-order chi connectivity index (χ0) is 22.8. The number of nitrogens with zero attached hydrogens (tertiary/aromatic N) is 1. The second-order valence-corrected chi connectivity index (χ2v) is 8.00. The molecular weight excluding hydrogens is 439 g/mol. The van der Waals surface area contributed by atoms with Crippen LogP contribution in [0.1, 0.15) is 12.8 Å². The molecule has 0 aromatic carbocycles. The molecule has 28 heavy (non-hydrogen) atoms. The first kappa shape index (κ1) is 26.7. The molecule has 0 atom stereocenters. The first-order valence-corrected chi connectivity index (χ1v) is 8.88. The Morgan fingerprint density at radius 3 is 1.75 bits per heavy atom. The van der Waals surface area contributed by atoms with E-state index < -0.39 is 63.1 Å². The van der Waals surface area contributed by atoms with E-state index in [1.807, 2.05) is 0 Å². The van der Waals surface area contributed by atoms with Crippen molar-refractivity contribution in [3.63, 3.8) is 0 Å². The lowest BCUT2D eigenvalue weighted by atomic mass is 10.1. The Labute approximate surface area is 153 Å². The Hall–Kier alpha value is -1.29. The first-order valence-electron chi connectivity index (χ1n) is 7.44. The van der Waals surface area contributed by atoms with Gasteiger partial charge < -0.3 is 10.0 Å². The fourth-order valence-corrected chi connectivity index (χ4v) is 3.34. The van der Waals surface area contributed by atoms with Crippen LogP contribution in [0.4, 0.5) is 39.5 Å². The second kappa shape index (κ2) is 8.61. The van der Waals surface area contributed by atoms with Gasteiger partial charge in [-0.1, -0.05) is 0 Å².